The van der Waals surface area contributed by atoms with Gasteiger partial charge in [-0.3, -0.25) is 0 Å². The van der Waals surface area contributed by atoms with Gasteiger partial charge in [0.15, 0.2) is 5.13 Å². The largest absolute Gasteiger partial charge is 0.399 e. The van der Waals surface area contributed by atoms with Crippen LogP contribution in [-0.4, -0.2) is 4.98 Å². The summed E-state index contributed by atoms with van der Waals surface area (Å²) >= 11 is 1.61. The SMILES string of the molecule is CCc1ccc(Nc2nc3ccc(N)cc3s2)cc1. The van der Waals surface area contributed by atoms with Crippen LogP contribution in [0.1, 0.15) is 12.5 Å². The van der Waals surface area contributed by atoms with Crippen LogP contribution in [-0.2, 0) is 6.42 Å². The van der Waals surface area contributed by atoms with Crippen LogP contribution in [0, 0.1) is 0 Å². The van der Waals surface area contributed by atoms with Gasteiger partial charge in [0.2, 0.25) is 0 Å². The summed E-state index contributed by atoms with van der Waals surface area (Å²) < 4.78 is 1.10. The standard InChI is InChI=1S/C15H15N3S/c1-2-10-3-6-12(7-4-10)17-15-18-13-8-5-11(16)9-14(13)19-15/h3-9H,2,16H2,1H3,(H,17,18). The van der Waals surface area contributed by atoms with E-state index in [1.54, 1.807) is 11.3 Å². The Balaban J connectivity index is 1.87. The molecule has 1 aromatic heterocycles. The van der Waals surface area contributed by atoms with E-state index in [1.807, 2.05) is 18.2 Å². The van der Waals surface area contributed by atoms with E-state index < -0.39 is 0 Å². The van der Waals surface area contributed by atoms with Crippen LogP contribution >= 0.6 is 11.3 Å². The van der Waals surface area contributed by atoms with Gasteiger partial charge in [-0.25, -0.2) is 4.98 Å². The lowest BCUT2D eigenvalue weighted by molar-refractivity contribution is 1.14. The molecule has 4 heteroatoms. The van der Waals surface area contributed by atoms with Crippen molar-refractivity contribution in [3.8, 4) is 0 Å². The second-order valence-electron chi connectivity index (χ2n) is 4.42. The molecule has 0 amide bonds. The molecule has 0 aliphatic carbocycles. The normalized spacial score (nSPS) is 10.8. The van der Waals surface area contributed by atoms with Crippen LogP contribution in [0.4, 0.5) is 16.5 Å². The van der Waals surface area contributed by atoms with Crippen molar-refractivity contribution >= 4 is 38.1 Å². The highest BCUT2D eigenvalue weighted by atomic mass is 32.1. The van der Waals surface area contributed by atoms with Crippen LogP contribution in [0.5, 0.6) is 0 Å². The molecule has 0 bridgehead atoms. The molecule has 0 atom stereocenters. The molecule has 3 aromatic rings. The molecule has 0 unspecified atom stereocenters. The number of benzene rings is 2. The first-order valence-electron chi connectivity index (χ1n) is 6.26. The fourth-order valence-electron chi connectivity index (χ4n) is 1.94. The van der Waals surface area contributed by atoms with Gasteiger partial charge in [0.25, 0.3) is 0 Å². The number of nitrogens with zero attached hydrogens (tertiary/aromatic N) is 1. The third kappa shape index (κ3) is 2.53. The van der Waals surface area contributed by atoms with Crippen molar-refractivity contribution in [3.63, 3.8) is 0 Å². The maximum Gasteiger partial charge on any atom is 0.188 e. The van der Waals surface area contributed by atoms with Crippen molar-refractivity contribution in [2.24, 2.45) is 0 Å². The van der Waals surface area contributed by atoms with Gasteiger partial charge in [0, 0.05) is 11.4 Å². The fraction of sp³-hybridized carbons (Fsp3) is 0.133. The molecule has 0 aliphatic heterocycles. The number of fused-ring (bicyclic) bond motifs is 1. The minimum absolute atomic E-state index is 0.773. The molecule has 0 spiro atoms. The Hall–Kier alpha value is -2.07. The van der Waals surface area contributed by atoms with Crippen LogP contribution in [0.25, 0.3) is 10.2 Å². The predicted octanol–water partition coefficient (Wildman–Crippen LogP) is 4.18. The number of thiazole rings is 1. The Bertz CT molecular complexity index is 701. The molecule has 19 heavy (non-hydrogen) atoms. The molecule has 2 aromatic carbocycles. The van der Waals surface area contributed by atoms with E-state index >= 15 is 0 Å². The molecular weight excluding hydrogens is 254 g/mol. The average Bonchev–Trinajstić information content (AvgIpc) is 2.81. The van der Waals surface area contributed by atoms with E-state index in [0.29, 0.717) is 0 Å². The number of rotatable bonds is 3. The van der Waals surface area contributed by atoms with Gasteiger partial charge in [-0.15, -0.1) is 0 Å². The van der Waals surface area contributed by atoms with E-state index in [-0.39, 0.29) is 0 Å². The van der Waals surface area contributed by atoms with Crippen molar-refractivity contribution in [2.45, 2.75) is 13.3 Å². The number of hydrogen-bond donors (Lipinski definition) is 2. The molecule has 0 fully saturated rings. The molecule has 3 nitrogen and oxygen atoms in total. The van der Waals surface area contributed by atoms with Crippen LogP contribution < -0.4 is 11.1 Å². The maximum absolute atomic E-state index is 5.78. The molecule has 1 heterocycles. The van der Waals surface area contributed by atoms with Crippen LogP contribution in [0.2, 0.25) is 0 Å². The highest BCUT2D eigenvalue weighted by molar-refractivity contribution is 7.22. The van der Waals surface area contributed by atoms with Crippen LogP contribution in [0.3, 0.4) is 0 Å². The summed E-state index contributed by atoms with van der Waals surface area (Å²) in [7, 11) is 0. The second kappa shape index (κ2) is 4.90. The van der Waals surface area contributed by atoms with Crippen molar-refractivity contribution in [3.05, 3.63) is 48.0 Å². The van der Waals surface area contributed by atoms with E-state index in [9.17, 15) is 0 Å². The summed E-state index contributed by atoms with van der Waals surface area (Å²) in [6.45, 7) is 2.15. The van der Waals surface area contributed by atoms with Crippen molar-refractivity contribution in [2.75, 3.05) is 11.1 Å². The lowest BCUT2D eigenvalue weighted by Gasteiger charge is -2.03. The molecule has 0 saturated heterocycles. The topological polar surface area (TPSA) is 50.9 Å². The first kappa shape index (κ1) is 12.0. The van der Waals surface area contributed by atoms with Gasteiger partial charge in [0.1, 0.15) is 0 Å². The molecule has 0 aliphatic rings. The maximum atomic E-state index is 5.78. The lowest BCUT2D eigenvalue weighted by atomic mass is 10.1. The Morgan fingerprint density at radius 3 is 2.68 bits per heavy atom. The second-order valence-corrected chi connectivity index (χ2v) is 5.45. The number of aromatic nitrogens is 1. The van der Waals surface area contributed by atoms with Gasteiger partial charge in [-0.05, 0) is 42.3 Å². The number of nitrogens with two attached hydrogens (primary N) is 1. The van der Waals surface area contributed by atoms with Crippen molar-refractivity contribution in [1.82, 2.24) is 4.98 Å². The number of nitrogens with one attached hydrogen (secondary N) is 1. The average molecular weight is 269 g/mol. The van der Waals surface area contributed by atoms with Gasteiger partial charge in [-0.2, -0.15) is 0 Å². The first-order chi connectivity index (χ1) is 9.24. The highest BCUT2D eigenvalue weighted by Gasteiger charge is 2.04. The fourth-order valence-corrected chi connectivity index (χ4v) is 2.88. The third-order valence-electron chi connectivity index (χ3n) is 3.03. The van der Waals surface area contributed by atoms with E-state index in [4.69, 9.17) is 5.73 Å². The zero-order valence-electron chi connectivity index (χ0n) is 10.7. The smallest absolute Gasteiger partial charge is 0.188 e. The number of hydrogen-bond acceptors (Lipinski definition) is 4. The third-order valence-corrected chi connectivity index (χ3v) is 3.96. The first-order valence-corrected chi connectivity index (χ1v) is 7.08. The Labute approximate surface area is 116 Å². The summed E-state index contributed by atoms with van der Waals surface area (Å²) in [5.41, 5.74) is 9.92. The minimum Gasteiger partial charge on any atom is -0.399 e. The zero-order valence-corrected chi connectivity index (χ0v) is 11.5. The van der Waals surface area contributed by atoms with Crippen molar-refractivity contribution in [1.29, 1.82) is 0 Å². The van der Waals surface area contributed by atoms with Crippen LogP contribution in [0.15, 0.2) is 42.5 Å². The van der Waals surface area contributed by atoms with E-state index in [1.165, 1.54) is 5.56 Å². The van der Waals surface area contributed by atoms with E-state index in [2.05, 4.69) is 41.5 Å². The van der Waals surface area contributed by atoms with Gasteiger partial charge < -0.3 is 11.1 Å². The Morgan fingerprint density at radius 2 is 1.95 bits per heavy atom. The molecular formula is C15H15N3S. The molecule has 96 valence electrons. The quantitative estimate of drug-likeness (QED) is 0.701. The number of aryl methyl sites for hydroxylation is 1. The summed E-state index contributed by atoms with van der Waals surface area (Å²) in [5.74, 6) is 0. The highest BCUT2D eigenvalue weighted by Crippen LogP contribution is 2.29. The lowest BCUT2D eigenvalue weighted by Crippen LogP contribution is -1.89. The molecule has 3 N–H and O–H groups in total. The van der Waals surface area contributed by atoms with Gasteiger partial charge >= 0.3 is 0 Å². The Morgan fingerprint density at radius 1 is 1.16 bits per heavy atom. The molecule has 3 rings (SSSR count). The van der Waals surface area contributed by atoms with Gasteiger partial charge in [-0.1, -0.05) is 30.4 Å². The summed E-state index contributed by atoms with van der Waals surface area (Å²) in [6.07, 6.45) is 1.06. The van der Waals surface area contributed by atoms with E-state index in [0.717, 1.165) is 33.1 Å². The number of anilines is 3. The summed E-state index contributed by atoms with van der Waals surface area (Å²) in [4.78, 5) is 4.54. The predicted molar refractivity (Wildman–Crippen MR) is 83.1 cm³/mol. The van der Waals surface area contributed by atoms with Crippen molar-refractivity contribution < 1.29 is 0 Å². The Kier molecular flexibility index (Phi) is 3.09. The molecule has 0 radical (unpaired) electrons. The monoisotopic (exact) mass is 269 g/mol. The number of nitrogen functional groups attached to an aromatic ring is 1. The molecule has 0 saturated carbocycles. The van der Waals surface area contributed by atoms with Gasteiger partial charge in [0.05, 0.1) is 10.2 Å². The zero-order chi connectivity index (χ0) is 13.2. The minimum atomic E-state index is 0.773. The summed E-state index contributed by atoms with van der Waals surface area (Å²) in [5, 5.41) is 4.22. The summed E-state index contributed by atoms with van der Waals surface area (Å²) in [6, 6.07) is 14.2.